The van der Waals surface area contributed by atoms with Crippen molar-refractivity contribution in [2.45, 2.75) is 25.4 Å². The Labute approximate surface area is 123 Å². The zero-order valence-corrected chi connectivity index (χ0v) is 12.1. The molecule has 1 aromatic rings. The second-order valence-corrected chi connectivity index (χ2v) is 5.67. The summed E-state index contributed by atoms with van der Waals surface area (Å²) in [4.78, 5) is 36.2. The van der Waals surface area contributed by atoms with Crippen LogP contribution in [0.1, 0.15) is 24.0 Å². The molecule has 2 aliphatic rings. The Balaban J connectivity index is 1.98. The van der Waals surface area contributed by atoms with Gasteiger partial charge >= 0.3 is 0 Å². The van der Waals surface area contributed by atoms with Crippen LogP contribution in [0.3, 0.4) is 0 Å². The van der Waals surface area contributed by atoms with Gasteiger partial charge in [0, 0.05) is 23.0 Å². The smallest absolute Gasteiger partial charge is 0.249 e. The number of rotatable bonds is 1. The van der Waals surface area contributed by atoms with Crippen LogP contribution in [-0.2, 0) is 20.9 Å². The van der Waals surface area contributed by atoms with Gasteiger partial charge in [0.05, 0.1) is 0 Å². The number of imide groups is 1. The number of fused-ring (bicyclic) bond motifs is 1. The highest BCUT2D eigenvalue weighted by atomic mass is 79.9. The molecule has 1 unspecified atom stereocenters. The molecule has 3 rings (SSSR count). The minimum atomic E-state index is -0.497. The average molecular weight is 335 g/mol. The largest absolute Gasteiger partial charge is 0.346 e. The van der Waals surface area contributed by atoms with Crippen molar-refractivity contribution in [1.82, 2.24) is 10.2 Å². The van der Waals surface area contributed by atoms with Gasteiger partial charge < -0.3 is 4.90 Å². The van der Waals surface area contributed by atoms with Crippen molar-refractivity contribution >= 4 is 39.4 Å². The van der Waals surface area contributed by atoms with Crippen molar-refractivity contribution in [2.24, 2.45) is 0 Å². The highest BCUT2D eigenvalue weighted by Crippen LogP contribution is 2.37. The predicted molar refractivity (Wildman–Crippen MR) is 75.0 cm³/mol. The summed E-state index contributed by atoms with van der Waals surface area (Å²) in [6.45, 7) is 0.466. The molecule has 2 heterocycles. The molecule has 6 heteroatoms. The van der Waals surface area contributed by atoms with E-state index in [1.807, 2.05) is 24.1 Å². The van der Waals surface area contributed by atoms with Crippen LogP contribution in [0.5, 0.6) is 0 Å². The molecule has 0 aliphatic carbocycles. The van der Waals surface area contributed by atoms with Crippen LogP contribution in [0.2, 0.25) is 0 Å². The molecular formula is C14H11BrN2O3. The fraction of sp³-hybridized carbons (Fsp3) is 0.286. The van der Waals surface area contributed by atoms with Gasteiger partial charge in [-0.1, -0.05) is 28.1 Å². The number of hydrogen-bond acceptors (Lipinski definition) is 4. The normalized spacial score (nSPS) is 21.6. The number of carbonyl (C=O) groups excluding carboxylic acids is 3. The molecule has 0 radical (unpaired) electrons. The van der Waals surface area contributed by atoms with Crippen LogP contribution in [0.15, 0.2) is 22.7 Å². The van der Waals surface area contributed by atoms with Crippen molar-refractivity contribution in [3.05, 3.63) is 33.8 Å². The maximum absolute atomic E-state index is 12.0. The van der Waals surface area contributed by atoms with E-state index < -0.39 is 6.04 Å². The van der Waals surface area contributed by atoms with Gasteiger partial charge in [0.25, 0.3) is 0 Å². The lowest BCUT2D eigenvalue weighted by Crippen LogP contribution is -2.50. The van der Waals surface area contributed by atoms with E-state index in [-0.39, 0.29) is 18.2 Å². The van der Waals surface area contributed by atoms with Crippen molar-refractivity contribution in [3.63, 3.8) is 0 Å². The first-order valence-corrected chi connectivity index (χ1v) is 7.04. The standard InChI is InChI=1S/C14H11BrN2O3/c15-10-3-1-2-8-9(10)6-17(12(8)7-18)11-4-5-13(19)16-14(11)20/h1-3,11H,4-6H2,(H,16,19,20). The number of halogens is 1. The van der Waals surface area contributed by atoms with E-state index in [2.05, 4.69) is 21.2 Å². The molecule has 1 atom stereocenters. The van der Waals surface area contributed by atoms with Crippen LogP contribution >= 0.6 is 15.9 Å². The Morgan fingerprint density at radius 1 is 1.35 bits per heavy atom. The van der Waals surface area contributed by atoms with Gasteiger partial charge in [-0.2, -0.15) is 0 Å². The Kier molecular flexibility index (Phi) is 3.20. The van der Waals surface area contributed by atoms with E-state index in [4.69, 9.17) is 0 Å². The third-order valence-electron chi connectivity index (χ3n) is 3.67. The highest BCUT2D eigenvalue weighted by molar-refractivity contribution is 9.10. The zero-order valence-electron chi connectivity index (χ0n) is 10.5. The molecule has 0 bridgehead atoms. The van der Waals surface area contributed by atoms with E-state index in [1.54, 1.807) is 4.90 Å². The SMILES string of the molecule is O=C=C1c2cccc(Br)c2CN1C1CCC(=O)NC1=O. The van der Waals surface area contributed by atoms with E-state index in [0.29, 0.717) is 18.7 Å². The Morgan fingerprint density at radius 2 is 2.15 bits per heavy atom. The maximum Gasteiger partial charge on any atom is 0.249 e. The first-order valence-electron chi connectivity index (χ1n) is 6.25. The number of benzene rings is 1. The minimum absolute atomic E-state index is 0.263. The first kappa shape index (κ1) is 13.1. The third kappa shape index (κ3) is 1.97. The number of amides is 2. The molecule has 1 N–H and O–H groups in total. The lowest BCUT2D eigenvalue weighted by atomic mass is 10.0. The molecule has 2 amide bonds. The van der Waals surface area contributed by atoms with Crippen LogP contribution in [0, 0.1) is 0 Å². The average Bonchev–Trinajstić information content (AvgIpc) is 2.78. The van der Waals surface area contributed by atoms with Gasteiger partial charge in [0.15, 0.2) is 5.94 Å². The van der Waals surface area contributed by atoms with E-state index in [1.165, 1.54) is 0 Å². The summed E-state index contributed by atoms with van der Waals surface area (Å²) >= 11 is 3.46. The molecular weight excluding hydrogens is 324 g/mol. The monoisotopic (exact) mass is 334 g/mol. The second-order valence-electron chi connectivity index (χ2n) is 4.81. The lowest BCUT2D eigenvalue weighted by Gasteiger charge is -2.30. The molecule has 0 aromatic heterocycles. The Morgan fingerprint density at radius 3 is 2.85 bits per heavy atom. The van der Waals surface area contributed by atoms with Crippen molar-refractivity contribution in [1.29, 1.82) is 0 Å². The third-order valence-corrected chi connectivity index (χ3v) is 4.42. The van der Waals surface area contributed by atoms with E-state index >= 15 is 0 Å². The Bertz CT molecular complexity index is 664. The summed E-state index contributed by atoms with van der Waals surface area (Å²) in [6, 6.07) is 5.08. The van der Waals surface area contributed by atoms with E-state index in [9.17, 15) is 14.4 Å². The van der Waals surface area contributed by atoms with Gasteiger partial charge in [0.1, 0.15) is 11.7 Å². The van der Waals surface area contributed by atoms with Crippen LogP contribution in [-0.4, -0.2) is 28.7 Å². The lowest BCUT2D eigenvalue weighted by molar-refractivity contribution is -0.136. The number of carbonyl (C=O) groups is 2. The fourth-order valence-electron chi connectivity index (χ4n) is 2.70. The summed E-state index contributed by atoms with van der Waals surface area (Å²) < 4.78 is 0.901. The van der Waals surface area contributed by atoms with E-state index in [0.717, 1.165) is 15.6 Å². The molecule has 0 spiro atoms. The van der Waals surface area contributed by atoms with Crippen LogP contribution < -0.4 is 5.32 Å². The fourth-order valence-corrected chi connectivity index (χ4v) is 3.20. The van der Waals surface area contributed by atoms with Crippen molar-refractivity contribution in [2.75, 3.05) is 0 Å². The molecule has 0 saturated carbocycles. The first-order chi connectivity index (χ1) is 9.61. The summed E-state index contributed by atoms with van der Waals surface area (Å²) in [6.07, 6.45) is 0.706. The van der Waals surface area contributed by atoms with Gasteiger partial charge in [0.2, 0.25) is 11.8 Å². The number of hydrogen-bond donors (Lipinski definition) is 1. The molecule has 20 heavy (non-hydrogen) atoms. The van der Waals surface area contributed by atoms with Crippen LogP contribution in [0.25, 0.3) is 5.70 Å². The minimum Gasteiger partial charge on any atom is -0.346 e. The molecule has 2 aliphatic heterocycles. The summed E-state index contributed by atoms with van der Waals surface area (Å²) in [5.41, 5.74) is 2.14. The number of nitrogens with zero attached hydrogens (tertiary/aromatic N) is 1. The zero-order chi connectivity index (χ0) is 14.3. The quantitative estimate of drug-likeness (QED) is 0.620. The highest BCUT2D eigenvalue weighted by Gasteiger charge is 2.38. The number of nitrogens with one attached hydrogen (secondary N) is 1. The predicted octanol–water partition coefficient (Wildman–Crippen LogP) is 1.24. The van der Waals surface area contributed by atoms with Gasteiger partial charge in [-0.05, 0) is 18.1 Å². The Hall–Kier alpha value is -1.91. The summed E-state index contributed by atoms with van der Waals surface area (Å²) in [7, 11) is 0. The summed E-state index contributed by atoms with van der Waals surface area (Å²) in [5.74, 6) is 1.32. The molecule has 1 aromatic carbocycles. The molecule has 1 saturated heterocycles. The van der Waals surface area contributed by atoms with Crippen molar-refractivity contribution < 1.29 is 14.4 Å². The number of piperidine rings is 1. The van der Waals surface area contributed by atoms with Crippen molar-refractivity contribution in [3.8, 4) is 0 Å². The van der Waals surface area contributed by atoms with Crippen LogP contribution in [0.4, 0.5) is 0 Å². The maximum atomic E-state index is 12.0. The van der Waals surface area contributed by atoms with Gasteiger partial charge in [-0.15, -0.1) is 0 Å². The van der Waals surface area contributed by atoms with Gasteiger partial charge in [-0.3, -0.25) is 14.9 Å². The topological polar surface area (TPSA) is 66.5 Å². The van der Waals surface area contributed by atoms with Gasteiger partial charge in [-0.25, -0.2) is 4.79 Å². The second kappa shape index (κ2) is 4.89. The molecule has 1 fully saturated rings. The summed E-state index contributed by atoms with van der Waals surface area (Å²) in [5, 5.41) is 2.32. The molecule has 5 nitrogen and oxygen atoms in total. The molecule has 102 valence electrons.